The number of aliphatic hydroxyl groups is 3. The Bertz CT molecular complexity index is 370. The SMILES string of the molecule is CCCC(CCCC/C=C\CCCCCCCC(=O)OCCO)CC(O)CO. The molecule has 2 atom stereocenters. The molecule has 0 aromatic heterocycles. The fraction of sp³-hybridized carbons (Fsp3) is 0.870. The molecule has 0 heterocycles. The molecule has 0 spiro atoms. The number of carbonyl (C=O) groups is 1. The van der Waals surface area contributed by atoms with E-state index in [0.29, 0.717) is 12.3 Å². The van der Waals surface area contributed by atoms with Crippen LogP contribution in [0.2, 0.25) is 0 Å². The summed E-state index contributed by atoms with van der Waals surface area (Å²) in [5.74, 6) is 0.329. The van der Waals surface area contributed by atoms with Gasteiger partial charge in [0.05, 0.1) is 19.3 Å². The predicted octanol–water partition coefficient (Wildman–Crippen LogP) is 4.53. The van der Waals surface area contributed by atoms with Crippen molar-refractivity contribution in [3.8, 4) is 0 Å². The van der Waals surface area contributed by atoms with Crippen molar-refractivity contribution < 1.29 is 24.9 Å². The van der Waals surface area contributed by atoms with E-state index in [2.05, 4.69) is 19.1 Å². The maximum absolute atomic E-state index is 11.3. The molecule has 0 amide bonds. The number of aliphatic hydroxyl groups excluding tert-OH is 3. The van der Waals surface area contributed by atoms with Crippen LogP contribution in [-0.4, -0.2) is 47.2 Å². The van der Waals surface area contributed by atoms with Crippen molar-refractivity contribution in [1.29, 1.82) is 0 Å². The standard InChI is InChI=1S/C23H44O5/c1-2-14-21(19-22(26)20-25)15-12-10-8-6-4-3-5-7-9-11-13-16-23(27)28-18-17-24/h4,6,21-22,24-26H,2-3,5,7-20H2,1H3/b6-4-. The second kappa shape index (κ2) is 20.8. The molecule has 0 aliphatic carbocycles. The van der Waals surface area contributed by atoms with Crippen LogP contribution in [0.5, 0.6) is 0 Å². The van der Waals surface area contributed by atoms with E-state index in [9.17, 15) is 9.90 Å². The Hall–Kier alpha value is -0.910. The van der Waals surface area contributed by atoms with Gasteiger partial charge in [-0.15, -0.1) is 0 Å². The molecule has 0 saturated heterocycles. The van der Waals surface area contributed by atoms with Crippen LogP contribution >= 0.6 is 0 Å². The summed E-state index contributed by atoms with van der Waals surface area (Å²) in [5, 5.41) is 27.2. The molecular weight excluding hydrogens is 356 g/mol. The lowest BCUT2D eigenvalue weighted by molar-refractivity contribution is -0.144. The molecular formula is C23H44O5. The number of carbonyl (C=O) groups excluding carboxylic acids is 1. The molecule has 3 N–H and O–H groups in total. The monoisotopic (exact) mass is 400 g/mol. The normalized spacial score (nSPS) is 13.7. The third kappa shape index (κ3) is 18.5. The number of hydrogen-bond donors (Lipinski definition) is 3. The largest absolute Gasteiger partial charge is 0.463 e. The summed E-state index contributed by atoms with van der Waals surface area (Å²) in [6, 6.07) is 0. The molecule has 0 aliphatic heterocycles. The lowest BCUT2D eigenvalue weighted by Crippen LogP contribution is -2.17. The number of unbranched alkanes of at least 4 members (excludes halogenated alkanes) is 7. The van der Waals surface area contributed by atoms with E-state index >= 15 is 0 Å². The van der Waals surface area contributed by atoms with Gasteiger partial charge >= 0.3 is 5.97 Å². The van der Waals surface area contributed by atoms with Crippen LogP contribution in [0.15, 0.2) is 12.2 Å². The highest BCUT2D eigenvalue weighted by Crippen LogP contribution is 2.21. The van der Waals surface area contributed by atoms with Crippen LogP contribution in [0, 0.1) is 5.92 Å². The summed E-state index contributed by atoms with van der Waals surface area (Å²) < 4.78 is 4.82. The number of allylic oxidation sites excluding steroid dienone is 2. The third-order valence-corrected chi connectivity index (χ3v) is 5.02. The molecule has 0 radical (unpaired) electrons. The second-order valence-electron chi connectivity index (χ2n) is 7.73. The molecule has 166 valence electrons. The fourth-order valence-corrected chi connectivity index (χ4v) is 3.47. The van der Waals surface area contributed by atoms with Crippen molar-refractivity contribution in [2.75, 3.05) is 19.8 Å². The van der Waals surface area contributed by atoms with Gasteiger partial charge in [-0.2, -0.15) is 0 Å². The first-order chi connectivity index (χ1) is 13.6. The zero-order valence-corrected chi connectivity index (χ0v) is 18.0. The number of esters is 1. The lowest BCUT2D eigenvalue weighted by atomic mass is 9.91. The molecule has 0 aromatic carbocycles. The van der Waals surface area contributed by atoms with E-state index in [1.165, 1.54) is 25.7 Å². The van der Waals surface area contributed by atoms with Gasteiger partial charge in [-0.05, 0) is 44.4 Å². The van der Waals surface area contributed by atoms with Gasteiger partial charge in [-0.3, -0.25) is 4.79 Å². The molecule has 2 unspecified atom stereocenters. The van der Waals surface area contributed by atoms with Crippen molar-refractivity contribution in [3.05, 3.63) is 12.2 Å². The second-order valence-corrected chi connectivity index (χ2v) is 7.73. The highest BCUT2D eigenvalue weighted by Gasteiger charge is 2.12. The highest BCUT2D eigenvalue weighted by atomic mass is 16.5. The predicted molar refractivity (Wildman–Crippen MR) is 114 cm³/mol. The zero-order chi connectivity index (χ0) is 20.9. The van der Waals surface area contributed by atoms with E-state index in [1.807, 2.05) is 0 Å². The Balaban J connectivity index is 3.47. The molecule has 0 rings (SSSR count). The van der Waals surface area contributed by atoms with Crippen LogP contribution in [0.3, 0.4) is 0 Å². The molecule has 5 nitrogen and oxygen atoms in total. The van der Waals surface area contributed by atoms with Gasteiger partial charge < -0.3 is 20.1 Å². The average Bonchev–Trinajstić information content (AvgIpc) is 2.69. The van der Waals surface area contributed by atoms with E-state index in [-0.39, 0.29) is 25.8 Å². The topological polar surface area (TPSA) is 87.0 Å². The summed E-state index contributed by atoms with van der Waals surface area (Å²) >= 11 is 0. The average molecular weight is 401 g/mol. The first-order valence-electron chi connectivity index (χ1n) is 11.3. The van der Waals surface area contributed by atoms with Crippen molar-refractivity contribution in [2.24, 2.45) is 5.92 Å². The van der Waals surface area contributed by atoms with Gasteiger partial charge in [0.2, 0.25) is 0 Å². The Labute approximate surface area is 172 Å². The maximum atomic E-state index is 11.3. The van der Waals surface area contributed by atoms with Crippen LogP contribution in [0.4, 0.5) is 0 Å². The van der Waals surface area contributed by atoms with Gasteiger partial charge in [0.25, 0.3) is 0 Å². The fourth-order valence-electron chi connectivity index (χ4n) is 3.47. The highest BCUT2D eigenvalue weighted by molar-refractivity contribution is 5.69. The summed E-state index contributed by atoms with van der Waals surface area (Å²) in [6.07, 6.45) is 18.7. The number of hydrogen-bond acceptors (Lipinski definition) is 5. The summed E-state index contributed by atoms with van der Waals surface area (Å²) in [7, 11) is 0. The molecule has 0 fully saturated rings. The van der Waals surface area contributed by atoms with Crippen LogP contribution in [0.1, 0.15) is 96.8 Å². The maximum Gasteiger partial charge on any atom is 0.305 e. The smallest absolute Gasteiger partial charge is 0.305 e. The first kappa shape index (κ1) is 27.1. The summed E-state index contributed by atoms with van der Waals surface area (Å²) in [6.45, 7) is 2.05. The molecule has 0 saturated carbocycles. The van der Waals surface area contributed by atoms with Gasteiger partial charge in [0, 0.05) is 6.42 Å². The van der Waals surface area contributed by atoms with Crippen molar-refractivity contribution >= 4 is 5.97 Å². The summed E-state index contributed by atoms with van der Waals surface area (Å²) in [4.78, 5) is 11.3. The van der Waals surface area contributed by atoms with Crippen LogP contribution in [0.25, 0.3) is 0 Å². The molecule has 28 heavy (non-hydrogen) atoms. The Morgan fingerprint density at radius 3 is 2.21 bits per heavy atom. The lowest BCUT2D eigenvalue weighted by Gasteiger charge is -2.18. The van der Waals surface area contributed by atoms with Crippen LogP contribution in [-0.2, 0) is 9.53 Å². The van der Waals surface area contributed by atoms with Crippen molar-refractivity contribution in [2.45, 2.75) is 103 Å². The van der Waals surface area contributed by atoms with Gasteiger partial charge in [-0.25, -0.2) is 0 Å². The van der Waals surface area contributed by atoms with Crippen molar-refractivity contribution in [3.63, 3.8) is 0 Å². The van der Waals surface area contributed by atoms with Crippen molar-refractivity contribution in [1.82, 2.24) is 0 Å². The minimum absolute atomic E-state index is 0.104. The summed E-state index contributed by atoms with van der Waals surface area (Å²) in [5.41, 5.74) is 0. The number of ether oxygens (including phenoxy) is 1. The molecule has 0 bridgehead atoms. The third-order valence-electron chi connectivity index (χ3n) is 5.02. The zero-order valence-electron chi connectivity index (χ0n) is 18.0. The molecule has 0 aliphatic rings. The van der Waals surface area contributed by atoms with E-state index < -0.39 is 6.10 Å². The Morgan fingerprint density at radius 2 is 1.57 bits per heavy atom. The van der Waals surface area contributed by atoms with E-state index in [4.69, 9.17) is 14.9 Å². The van der Waals surface area contributed by atoms with Gasteiger partial charge in [-0.1, -0.05) is 64.0 Å². The quantitative estimate of drug-likeness (QED) is 0.159. The minimum Gasteiger partial charge on any atom is -0.463 e. The van der Waals surface area contributed by atoms with E-state index in [1.54, 1.807) is 0 Å². The first-order valence-corrected chi connectivity index (χ1v) is 11.3. The van der Waals surface area contributed by atoms with Crippen LogP contribution < -0.4 is 0 Å². The Morgan fingerprint density at radius 1 is 0.929 bits per heavy atom. The van der Waals surface area contributed by atoms with Gasteiger partial charge in [0.1, 0.15) is 6.61 Å². The molecule has 0 aromatic rings. The number of rotatable bonds is 20. The van der Waals surface area contributed by atoms with Gasteiger partial charge in [0.15, 0.2) is 0 Å². The molecule has 5 heteroatoms. The minimum atomic E-state index is -0.559. The Kier molecular flexibility index (Phi) is 20.1. The van der Waals surface area contributed by atoms with E-state index in [0.717, 1.165) is 57.8 Å².